The zero-order valence-electron chi connectivity index (χ0n) is 18.3. The Bertz CT molecular complexity index is 1470. The standard InChI is InChI=1S/C25H19ClIN3O4/c1-14-23-19(16(12-28-14)13-33-15(2)31)11-20(24(32)30-22-6-4-3-5-21(22)26)25(34-23)29-18-9-7-17(27)8-10-18/h3-12H,13H2,1-2H3,(H,30,32). The highest BCUT2D eigenvalue weighted by Crippen LogP contribution is 2.24. The van der Waals surface area contributed by atoms with Crippen LogP contribution in [0.25, 0.3) is 11.0 Å². The van der Waals surface area contributed by atoms with Gasteiger partial charge in [0, 0.05) is 27.6 Å². The fourth-order valence-electron chi connectivity index (χ4n) is 3.21. The summed E-state index contributed by atoms with van der Waals surface area (Å²) in [5, 5.41) is 3.82. The van der Waals surface area contributed by atoms with E-state index in [1.165, 1.54) is 6.92 Å². The van der Waals surface area contributed by atoms with Gasteiger partial charge in [-0.1, -0.05) is 23.7 Å². The van der Waals surface area contributed by atoms with Gasteiger partial charge in [0.05, 0.1) is 22.1 Å². The number of fused-ring (bicyclic) bond motifs is 1. The number of aromatic nitrogens is 1. The molecular weight excluding hydrogens is 569 g/mol. The number of rotatable bonds is 5. The molecule has 172 valence electrons. The van der Waals surface area contributed by atoms with Crippen molar-refractivity contribution in [1.29, 1.82) is 0 Å². The van der Waals surface area contributed by atoms with Gasteiger partial charge in [0.15, 0.2) is 5.58 Å². The van der Waals surface area contributed by atoms with Crippen LogP contribution in [0.1, 0.15) is 28.5 Å². The van der Waals surface area contributed by atoms with E-state index in [0.29, 0.717) is 38.6 Å². The van der Waals surface area contributed by atoms with Gasteiger partial charge in [0.25, 0.3) is 5.91 Å². The molecule has 0 saturated heterocycles. The molecular formula is C25H19ClIN3O4. The van der Waals surface area contributed by atoms with Crippen LogP contribution in [0.2, 0.25) is 5.02 Å². The number of carbonyl (C=O) groups excluding carboxylic acids is 2. The second-order valence-electron chi connectivity index (χ2n) is 7.38. The maximum atomic E-state index is 13.3. The Kier molecular flexibility index (Phi) is 7.28. The number of pyridine rings is 1. The average molecular weight is 588 g/mol. The van der Waals surface area contributed by atoms with Gasteiger partial charge in [0.1, 0.15) is 12.2 Å². The summed E-state index contributed by atoms with van der Waals surface area (Å²) in [6, 6.07) is 16.1. The third-order valence-electron chi connectivity index (χ3n) is 4.91. The minimum Gasteiger partial charge on any atom is -0.461 e. The number of hydrogen-bond acceptors (Lipinski definition) is 6. The molecule has 2 aromatic heterocycles. The van der Waals surface area contributed by atoms with Crippen molar-refractivity contribution in [2.75, 3.05) is 5.32 Å². The molecule has 4 rings (SSSR count). The fraction of sp³-hybridized carbons (Fsp3) is 0.120. The third kappa shape index (κ3) is 5.45. The molecule has 2 heterocycles. The quantitative estimate of drug-likeness (QED) is 0.230. The lowest BCUT2D eigenvalue weighted by Gasteiger charge is -2.11. The molecule has 0 atom stereocenters. The Morgan fingerprint density at radius 1 is 1.18 bits per heavy atom. The number of halogens is 2. The highest BCUT2D eigenvalue weighted by molar-refractivity contribution is 14.1. The first kappa shape index (κ1) is 23.9. The lowest BCUT2D eigenvalue weighted by Crippen LogP contribution is -2.22. The molecule has 9 heteroatoms. The Morgan fingerprint density at radius 3 is 2.62 bits per heavy atom. The molecule has 0 bridgehead atoms. The van der Waals surface area contributed by atoms with Crippen LogP contribution in [0.5, 0.6) is 0 Å². The third-order valence-corrected chi connectivity index (χ3v) is 5.95. The number of nitrogens with one attached hydrogen (secondary N) is 1. The van der Waals surface area contributed by atoms with E-state index < -0.39 is 11.9 Å². The lowest BCUT2D eigenvalue weighted by molar-refractivity contribution is -0.142. The predicted molar refractivity (Wildman–Crippen MR) is 138 cm³/mol. The van der Waals surface area contributed by atoms with E-state index in [2.05, 4.69) is 37.9 Å². The number of benzene rings is 2. The van der Waals surface area contributed by atoms with Crippen LogP contribution in [-0.4, -0.2) is 16.9 Å². The monoisotopic (exact) mass is 587 g/mol. The first-order valence-electron chi connectivity index (χ1n) is 10.2. The highest BCUT2D eigenvalue weighted by atomic mass is 127. The number of nitrogens with zero attached hydrogens (tertiary/aromatic N) is 2. The van der Waals surface area contributed by atoms with Gasteiger partial charge in [-0.3, -0.25) is 14.6 Å². The van der Waals surface area contributed by atoms with Crippen LogP contribution >= 0.6 is 34.2 Å². The van der Waals surface area contributed by atoms with Gasteiger partial charge >= 0.3 is 5.97 Å². The summed E-state index contributed by atoms with van der Waals surface area (Å²) in [4.78, 5) is 33.6. The normalized spacial score (nSPS) is 11.5. The maximum absolute atomic E-state index is 13.3. The topological polar surface area (TPSA) is 93.8 Å². The number of para-hydroxylation sites is 1. The van der Waals surface area contributed by atoms with E-state index in [1.54, 1.807) is 43.5 Å². The van der Waals surface area contributed by atoms with Crippen LogP contribution in [0, 0.1) is 10.5 Å². The Morgan fingerprint density at radius 2 is 1.91 bits per heavy atom. The van der Waals surface area contributed by atoms with Crippen molar-refractivity contribution < 1.29 is 18.7 Å². The molecule has 0 saturated carbocycles. The molecule has 0 spiro atoms. The second kappa shape index (κ2) is 10.4. The van der Waals surface area contributed by atoms with Crippen molar-refractivity contribution in [3.63, 3.8) is 0 Å². The van der Waals surface area contributed by atoms with Gasteiger partial charge < -0.3 is 14.5 Å². The van der Waals surface area contributed by atoms with Gasteiger partial charge in [-0.25, -0.2) is 4.99 Å². The largest absolute Gasteiger partial charge is 0.461 e. The Balaban J connectivity index is 1.91. The van der Waals surface area contributed by atoms with Gasteiger partial charge in [0.2, 0.25) is 5.55 Å². The van der Waals surface area contributed by atoms with Crippen molar-refractivity contribution in [3.05, 3.63) is 91.8 Å². The Labute approximate surface area is 214 Å². The SMILES string of the molecule is CC(=O)OCc1cnc(C)c2oc(=Nc3ccc(I)cc3)c(C(=O)Nc3ccccc3Cl)cc12. The number of amides is 1. The van der Waals surface area contributed by atoms with E-state index in [4.69, 9.17) is 20.8 Å². The summed E-state index contributed by atoms with van der Waals surface area (Å²) in [5.74, 6) is -0.872. The fourth-order valence-corrected chi connectivity index (χ4v) is 3.76. The summed E-state index contributed by atoms with van der Waals surface area (Å²) in [5.41, 5.74) is 3.06. The number of anilines is 1. The molecule has 0 aliphatic rings. The molecule has 0 fully saturated rings. The Hall–Kier alpha value is -3.24. The van der Waals surface area contributed by atoms with E-state index in [1.807, 2.05) is 24.3 Å². The molecule has 0 radical (unpaired) electrons. The number of esters is 1. The molecule has 1 amide bonds. The summed E-state index contributed by atoms with van der Waals surface area (Å²) in [6.07, 6.45) is 1.60. The molecule has 2 aromatic carbocycles. The van der Waals surface area contributed by atoms with E-state index in [0.717, 1.165) is 3.57 Å². The van der Waals surface area contributed by atoms with E-state index in [-0.39, 0.29) is 17.7 Å². The molecule has 4 aromatic rings. The van der Waals surface area contributed by atoms with Crippen molar-refractivity contribution in [3.8, 4) is 0 Å². The minimum absolute atomic E-state index is 0.00613. The molecule has 0 unspecified atom stereocenters. The number of carbonyl (C=O) groups is 2. The van der Waals surface area contributed by atoms with Gasteiger partial charge in [-0.15, -0.1) is 0 Å². The van der Waals surface area contributed by atoms with Crippen LogP contribution < -0.4 is 10.9 Å². The van der Waals surface area contributed by atoms with Crippen molar-refractivity contribution in [2.24, 2.45) is 4.99 Å². The zero-order chi connectivity index (χ0) is 24.2. The second-order valence-corrected chi connectivity index (χ2v) is 9.03. The highest BCUT2D eigenvalue weighted by Gasteiger charge is 2.18. The maximum Gasteiger partial charge on any atom is 0.302 e. The lowest BCUT2D eigenvalue weighted by atomic mass is 10.1. The minimum atomic E-state index is -0.448. The summed E-state index contributed by atoms with van der Waals surface area (Å²) >= 11 is 8.44. The van der Waals surface area contributed by atoms with E-state index in [9.17, 15) is 9.59 Å². The predicted octanol–water partition coefficient (Wildman–Crippen LogP) is 5.94. The number of aryl methyl sites for hydroxylation is 1. The molecule has 0 aliphatic carbocycles. The number of ether oxygens (including phenoxy) is 1. The van der Waals surface area contributed by atoms with Crippen molar-refractivity contribution in [1.82, 2.24) is 4.98 Å². The first-order chi connectivity index (χ1) is 16.3. The first-order valence-corrected chi connectivity index (χ1v) is 11.7. The van der Waals surface area contributed by atoms with Crippen molar-refractivity contribution in [2.45, 2.75) is 20.5 Å². The average Bonchev–Trinajstić information content (AvgIpc) is 2.81. The summed E-state index contributed by atoms with van der Waals surface area (Å²) in [6.45, 7) is 3.11. The van der Waals surface area contributed by atoms with Crippen LogP contribution in [-0.2, 0) is 16.1 Å². The van der Waals surface area contributed by atoms with Crippen molar-refractivity contribution >= 4 is 68.4 Å². The summed E-state index contributed by atoms with van der Waals surface area (Å²) in [7, 11) is 0. The van der Waals surface area contributed by atoms with Crippen LogP contribution in [0.15, 0.2) is 70.2 Å². The van der Waals surface area contributed by atoms with Crippen LogP contribution in [0.3, 0.4) is 0 Å². The molecule has 0 aliphatic heterocycles. The van der Waals surface area contributed by atoms with Gasteiger partial charge in [-0.05, 0) is 72.0 Å². The molecule has 34 heavy (non-hydrogen) atoms. The van der Waals surface area contributed by atoms with Gasteiger partial charge in [-0.2, -0.15) is 0 Å². The zero-order valence-corrected chi connectivity index (χ0v) is 21.2. The van der Waals surface area contributed by atoms with Crippen LogP contribution in [0.4, 0.5) is 11.4 Å². The number of hydrogen-bond donors (Lipinski definition) is 1. The molecule has 1 N–H and O–H groups in total. The smallest absolute Gasteiger partial charge is 0.302 e. The summed E-state index contributed by atoms with van der Waals surface area (Å²) < 4.78 is 12.3. The molecule has 7 nitrogen and oxygen atoms in total. The van der Waals surface area contributed by atoms with E-state index >= 15 is 0 Å².